The fourth-order valence-electron chi connectivity index (χ4n) is 3.70. The van der Waals surface area contributed by atoms with Gasteiger partial charge < -0.3 is 10.2 Å². The lowest BCUT2D eigenvalue weighted by molar-refractivity contribution is -0.137. The maximum atomic E-state index is 14.7. The molecule has 2 rings (SSSR count). The predicted octanol–water partition coefficient (Wildman–Crippen LogP) is 4.03. The number of hydrogen-bond donors (Lipinski definition) is 1. The highest BCUT2D eigenvalue weighted by Crippen LogP contribution is 2.22. The van der Waals surface area contributed by atoms with E-state index in [1.165, 1.54) is 12.1 Å². The first-order valence-electron chi connectivity index (χ1n) is 9.92. The fourth-order valence-corrected chi connectivity index (χ4v) is 4.23. The summed E-state index contributed by atoms with van der Waals surface area (Å²) in [5, 5.41) is 3.52. The third-order valence-electron chi connectivity index (χ3n) is 5.20. The van der Waals surface area contributed by atoms with E-state index in [1.807, 2.05) is 37.5 Å². The normalized spacial score (nSPS) is 20.4. The summed E-state index contributed by atoms with van der Waals surface area (Å²) in [6.07, 6.45) is -0.531. The van der Waals surface area contributed by atoms with Gasteiger partial charge in [0.15, 0.2) is 0 Å². The number of carbonyl (C=O) groups is 2. The van der Waals surface area contributed by atoms with Crippen molar-refractivity contribution in [3.63, 3.8) is 0 Å². The number of piperidine rings is 1. The Hall–Kier alpha value is -1.37. The molecule has 1 saturated heterocycles. The van der Waals surface area contributed by atoms with E-state index in [2.05, 4.69) is 5.32 Å². The minimum absolute atomic E-state index is 0.0109. The lowest BCUT2D eigenvalue weighted by Crippen LogP contribution is -2.52. The third-order valence-corrected chi connectivity index (χ3v) is 5.63. The Morgan fingerprint density at radius 3 is 2.38 bits per heavy atom. The summed E-state index contributed by atoms with van der Waals surface area (Å²) >= 11 is 11.8. The van der Waals surface area contributed by atoms with E-state index in [4.69, 9.17) is 23.2 Å². The number of rotatable bonds is 6. The van der Waals surface area contributed by atoms with Gasteiger partial charge in [0.25, 0.3) is 5.91 Å². The van der Waals surface area contributed by atoms with Crippen molar-refractivity contribution in [2.45, 2.75) is 45.8 Å². The molecule has 1 fully saturated rings. The van der Waals surface area contributed by atoms with Crippen LogP contribution >= 0.6 is 23.2 Å². The summed E-state index contributed by atoms with van der Waals surface area (Å²) in [5.41, 5.74) is 0.0926. The third kappa shape index (κ3) is 6.83. The number of nitrogens with zero attached hydrogens (tertiary/aromatic N) is 2. The molecule has 0 saturated carbocycles. The molecule has 0 aliphatic carbocycles. The van der Waals surface area contributed by atoms with Gasteiger partial charge in [-0.25, -0.2) is 4.39 Å². The maximum absolute atomic E-state index is 14.7. The Balaban J connectivity index is 1.85. The van der Waals surface area contributed by atoms with Crippen LogP contribution in [0.15, 0.2) is 18.2 Å². The molecule has 0 aromatic heterocycles. The molecule has 1 N–H and O–H groups in total. The molecule has 1 aliphatic rings. The number of amides is 2. The van der Waals surface area contributed by atoms with Crippen LogP contribution in [0.3, 0.4) is 0 Å². The molecule has 0 radical (unpaired) electrons. The van der Waals surface area contributed by atoms with E-state index < -0.39 is 6.17 Å². The molecular formula is C21H30Cl2FN3O2. The quantitative estimate of drug-likeness (QED) is 0.718. The van der Waals surface area contributed by atoms with E-state index in [9.17, 15) is 14.0 Å². The molecule has 2 atom stereocenters. The van der Waals surface area contributed by atoms with Crippen LogP contribution in [-0.4, -0.2) is 66.0 Å². The lowest BCUT2D eigenvalue weighted by Gasteiger charge is -2.39. The van der Waals surface area contributed by atoms with Crippen LogP contribution in [0.1, 0.15) is 44.5 Å². The highest BCUT2D eigenvalue weighted by atomic mass is 35.5. The molecule has 2 amide bonds. The van der Waals surface area contributed by atoms with Gasteiger partial charge >= 0.3 is 0 Å². The number of likely N-dealkylation sites (tertiary alicyclic amines) is 1. The van der Waals surface area contributed by atoms with Crippen LogP contribution in [0.5, 0.6) is 0 Å². The zero-order valence-corrected chi connectivity index (χ0v) is 19.0. The smallest absolute Gasteiger partial charge is 0.251 e. The molecule has 8 heteroatoms. The number of nitrogens with one attached hydrogen (secondary N) is 1. The van der Waals surface area contributed by atoms with Gasteiger partial charge in [0.2, 0.25) is 5.91 Å². The van der Waals surface area contributed by atoms with Crippen molar-refractivity contribution in [1.29, 1.82) is 0 Å². The van der Waals surface area contributed by atoms with Gasteiger partial charge in [-0.2, -0.15) is 0 Å². The topological polar surface area (TPSA) is 52.7 Å². The van der Waals surface area contributed by atoms with Crippen LogP contribution in [-0.2, 0) is 4.79 Å². The molecule has 1 heterocycles. The highest BCUT2D eigenvalue weighted by molar-refractivity contribution is 6.35. The molecule has 0 unspecified atom stereocenters. The van der Waals surface area contributed by atoms with Crippen LogP contribution < -0.4 is 5.32 Å². The number of alkyl halides is 1. The van der Waals surface area contributed by atoms with E-state index in [0.717, 1.165) is 0 Å². The zero-order valence-electron chi connectivity index (χ0n) is 17.5. The Morgan fingerprint density at radius 1 is 1.24 bits per heavy atom. The molecule has 1 aromatic rings. The van der Waals surface area contributed by atoms with Crippen molar-refractivity contribution in [3.8, 4) is 0 Å². The van der Waals surface area contributed by atoms with Crippen molar-refractivity contribution < 1.29 is 14.0 Å². The second-order valence-electron chi connectivity index (χ2n) is 8.48. The van der Waals surface area contributed by atoms with E-state index in [1.54, 1.807) is 6.07 Å². The van der Waals surface area contributed by atoms with Gasteiger partial charge in [0, 0.05) is 46.7 Å². The Labute approximate surface area is 182 Å². The van der Waals surface area contributed by atoms with E-state index >= 15 is 0 Å². The summed E-state index contributed by atoms with van der Waals surface area (Å²) in [5.74, 6) is -0.607. The Bertz CT molecular complexity index is 719. The molecule has 29 heavy (non-hydrogen) atoms. The zero-order chi connectivity index (χ0) is 21.8. The minimum Gasteiger partial charge on any atom is -0.352 e. The maximum Gasteiger partial charge on any atom is 0.251 e. The average molecular weight is 446 g/mol. The van der Waals surface area contributed by atoms with Gasteiger partial charge in [-0.15, -0.1) is 0 Å². The fraction of sp³-hybridized carbons (Fsp3) is 0.619. The summed E-state index contributed by atoms with van der Waals surface area (Å²) in [7, 11) is 0. The summed E-state index contributed by atoms with van der Waals surface area (Å²) in [6.45, 7) is 9.81. The molecule has 1 aromatic carbocycles. The van der Waals surface area contributed by atoms with Crippen LogP contribution in [0.25, 0.3) is 0 Å². The molecule has 1 aliphatic heterocycles. The van der Waals surface area contributed by atoms with Gasteiger partial charge in [0.1, 0.15) is 6.17 Å². The number of hydrogen-bond acceptors (Lipinski definition) is 3. The van der Waals surface area contributed by atoms with Crippen LogP contribution in [0, 0.1) is 5.92 Å². The molecular weight excluding hydrogens is 416 g/mol. The minimum atomic E-state index is -1.11. The number of carbonyl (C=O) groups excluding carboxylic acids is 2. The summed E-state index contributed by atoms with van der Waals surface area (Å²) in [6, 6.07) is 4.60. The largest absolute Gasteiger partial charge is 0.352 e. The molecule has 0 spiro atoms. The number of likely N-dealkylation sites (N-methyl/N-ethyl adjacent to an activating group) is 1. The Kier molecular flexibility index (Phi) is 8.32. The van der Waals surface area contributed by atoms with Gasteiger partial charge in [0.05, 0.1) is 6.54 Å². The molecule has 162 valence electrons. The average Bonchev–Trinajstić information content (AvgIpc) is 2.59. The number of benzene rings is 1. The van der Waals surface area contributed by atoms with Crippen molar-refractivity contribution in [3.05, 3.63) is 33.8 Å². The first-order valence-corrected chi connectivity index (χ1v) is 10.7. The SMILES string of the molecule is CCN(C(=O)CN1CC[C@H](CNC(=O)c2cc(Cl)cc(Cl)c2)[C@H](F)C1)C(C)(C)C. The lowest BCUT2D eigenvalue weighted by atomic mass is 9.94. The van der Waals surface area contributed by atoms with Gasteiger partial charge in [-0.3, -0.25) is 14.5 Å². The van der Waals surface area contributed by atoms with Crippen molar-refractivity contribution >= 4 is 35.0 Å². The first-order chi connectivity index (χ1) is 13.5. The molecule has 0 bridgehead atoms. The van der Waals surface area contributed by atoms with Gasteiger partial charge in [-0.1, -0.05) is 23.2 Å². The predicted molar refractivity (Wildman–Crippen MR) is 115 cm³/mol. The second-order valence-corrected chi connectivity index (χ2v) is 9.35. The van der Waals surface area contributed by atoms with Crippen molar-refractivity contribution in [1.82, 2.24) is 15.1 Å². The number of halogens is 3. The summed E-state index contributed by atoms with van der Waals surface area (Å²) in [4.78, 5) is 28.6. The van der Waals surface area contributed by atoms with E-state index in [0.29, 0.717) is 35.1 Å². The van der Waals surface area contributed by atoms with E-state index in [-0.39, 0.29) is 42.9 Å². The Morgan fingerprint density at radius 2 is 1.86 bits per heavy atom. The van der Waals surface area contributed by atoms with Crippen molar-refractivity contribution in [2.24, 2.45) is 5.92 Å². The molecule has 5 nitrogen and oxygen atoms in total. The standard InChI is InChI=1S/C21H30Cl2FN3O2/c1-5-27(21(2,3)4)19(28)13-26-7-6-14(18(24)12-26)11-25-20(29)15-8-16(22)10-17(23)9-15/h8-10,14,18H,5-7,11-13H2,1-4H3,(H,25,29)/t14-,18-/m1/s1. The van der Waals surface area contributed by atoms with Crippen LogP contribution in [0.2, 0.25) is 10.0 Å². The summed E-state index contributed by atoms with van der Waals surface area (Å²) < 4.78 is 14.7. The van der Waals surface area contributed by atoms with Crippen molar-refractivity contribution in [2.75, 3.05) is 32.7 Å². The monoisotopic (exact) mass is 445 g/mol. The second kappa shape index (κ2) is 10.1. The highest BCUT2D eigenvalue weighted by Gasteiger charge is 2.32. The first kappa shape index (κ1) is 23.9. The van der Waals surface area contributed by atoms with Gasteiger partial charge in [-0.05, 0) is 58.9 Å². The van der Waals surface area contributed by atoms with Crippen LogP contribution in [0.4, 0.5) is 4.39 Å².